The molecule has 2 aromatic rings. The minimum Gasteiger partial charge on any atom is -0.495 e. The van der Waals surface area contributed by atoms with E-state index in [9.17, 15) is 13.2 Å². The van der Waals surface area contributed by atoms with Gasteiger partial charge in [-0.3, -0.25) is 4.79 Å². The van der Waals surface area contributed by atoms with Gasteiger partial charge in [-0.2, -0.15) is 4.31 Å². The van der Waals surface area contributed by atoms with E-state index in [2.05, 4.69) is 5.32 Å². The van der Waals surface area contributed by atoms with Gasteiger partial charge < -0.3 is 14.5 Å². The number of rotatable bonds is 5. The number of carbonyl (C=O) groups is 1. The van der Waals surface area contributed by atoms with Crippen LogP contribution in [0.4, 0.5) is 5.69 Å². The van der Waals surface area contributed by atoms with Gasteiger partial charge in [-0.25, -0.2) is 8.42 Å². The predicted molar refractivity (Wildman–Crippen MR) is 102 cm³/mol. The molecule has 0 atom stereocenters. The molecule has 146 valence electrons. The number of nitrogens with zero attached hydrogens (tertiary/aromatic N) is 1. The molecule has 7 nitrogen and oxygen atoms in total. The van der Waals surface area contributed by atoms with E-state index in [1.807, 2.05) is 0 Å². The molecule has 0 radical (unpaired) electrons. The third kappa shape index (κ3) is 4.17. The van der Waals surface area contributed by atoms with Crippen LogP contribution in [0.5, 0.6) is 5.75 Å². The molecule has 2 heterocycles. The Balaban J connectivity index is 1.91. The van der Waals surface area contributed by atoms with Crippen LogP contribution >= 0.6 is 0 Å². The maximum Gasteiger partial charge on any atom is 0.259 e. The molecule has 3 rings (SSSR count). The summed E-state index contributed by atoms with van der Waals surface area (Å²) in [5.41, 5.74) is 0.692. The number of hydrogen-bond donors (Lipinski definition) is 1. The number of sulfonamides is 1. The molecule has 27 heavy (non-hydrogen) atoms. The van der Waals surface area contributed by atoms with Gasteiger partial charge in [-0.15, -0.1) is 0 Å². The fraction of sp³-hybridized carbons (Fsp3) is 0.421. The highest BCUT2D eigenvalue weighted by Gasteiger charge is 2.26. The summed E-state index contributed by atoms with van der Waals surface area (Å²) in [6.45, 7) is 2.72. The van der Waals surface area contributed by atoms with Crippen LogP contribution in [0.1, 0.15) is 41.8 Å². The Bertz CT molecular complexity index is 912. The molecule has 1 aliphatic heterocycles. The summed E-state index contributed by atoms with van der Waals surface area (Å²) in [7, 11) is -2.15. The normalized spacial score (nSPS) is 15.9. The first-order chi connectivity index (χ1) is 12.9. The summed E-state index contributed by atoms with van der Waals surface area (Å²) in [6.07, 6.45) is 5.24. The Morgan fingerprint density at radius 1 is 1.15 bits per heavy atom. The van der Waals surface area contributed by atoms with Crippen LogP contribution < -0.4 is 10.1 Å². The van der Waals surface area contributed by atoms with Crippen LogP contribution in [-0.4, -0.2) is 38.8 Å². The number of ether oxygens (including phenoxy) is 1. The van der Waals surface area contributed by atoms with E-state index in [0.29, 0.717) is 35.9 Å². The Hall–Kier alpha value is -2.32. The molecule has 1 aliphatic rings. The highest BCUT2D eigenvalue weighted by atomic mass is 32.2. The molecule has 0 aliphatic carbocycles. The minimum atomic E-state index is -3.62. The Kier molecular flexibility index (Phi) is 5.86. The highest BCUT2D eigenvalue weighted by molar-refractivity contribution is 7.89. The number of furan rings is 1. The average Bonchev–Trinajstić information content (AvgIpc) is 2.91. The number of amides is 1. The van der Waals surface area contributed by atoms with E-state index in [1.54, 1.807) is 19.1 Å². The Labute approximate surface area is 159 Å². The van der Waals surface area contributed by atoms with Crippen molar-refractivity contribution < 1.29 is 22.4 Å². The van der Waals surface area contributed by atoms with Crippen molar-refractivity contribution in [1.82, 2.24) is 4.31 Å². The van der Waals surface area contributed by atoms with E-state index in [1.165, 1.54) is 29.8 Å². The number of aryl methyl sites for hydroxylation is 1. The van der Waals surface area contributed by atoms with Gasteiger partial charge in [-0.1, -0.05) is 12.8 Å². The van der Waals surface area contributed by atoms with Crippen molar-refractivity contribution in [2.45, 2.75) is 37.5 Å². The van der Waals surface area contributed by atoms with E-state index >= 15 is 0 Å². The summed E-state index contributed by atoms with van der Waals surface area (Å²) < 4.78 is 38.0. The predicted octanol–water partition coefficient (Wildman–Crippen LogP) is 3.41. The van der Waals surface area contributed by atoms with Gasteiger partial charge in [0.15, 0.2) is 0 Å². The van der Waals surface area contributed by atoms with E-state index < -0.39 is 10.0 Å². The largest absolute Gasteiger partial charge is 0.495 e. The second-order valence-electron chi connectivity index (χ2n) is 6.52. The standard InChI is InChI=1S/C19H24N2O5S/c1-14-16(9-12-26-14)19(22)20-17-13-15(7-8-18(17)25-2)27(23,24)21-10-5-3-4-6-11-21/h7-9,12-13H,3-6,10-11H2,1-2H3,(H,20,22). The van der Waals surface area contributed by atoms with Gasteiger partial charge in [0.1, 0.15) is 11.5 Å². The molecule has 1 N–H and O–H groups in total. The van der Waals surface area contributed by atoms with Gasteiger partial charge in [-0.05, 0) is 44.0 Å². The topological polar surface area (TPSA) is 88.9 Å². The van der Waals surface area contributed by atoms with Crippen molar-refractivity contribution in [2.75, 3.05) is 25.5 Å². The molecule has 0 unspecified atom stereocenters. The SMILES string of the molecule is COc1ccc(S(=O)(=O)N2CCCCCC2)cc1NC(=O)c1ccoc1C. The smallest absolute Gasteiger partial charge is 0.259 e. The first-order valence-electron chi connectivity index (χ1n) is 8.97. The summed E-state index contributed by atoms with van der Waals surface area (Å²) in [4.78, 5) is 12.6. The van der Waals surface area contributed by atoms with Gasteiger partial charge in [0.25, 0.3) is 5.91 Å². The van der Waals surface area contributed by atoms with Crippen molar-refractivity contribution in [3.63, 3.8) is 0 Å². The minimum absolute atomic E-state index is 0.143. The van der Waals surface area contributed by atoms with Crippen molar-refractivity contribution in [3.05, 3.63) is 41.9 Å². The zero-order chi connectivity index (χ0) is 19.4. The van der Waals surface area contributed by atoms with E-state index in [4.69, 9.17) is 9.15 Å². The van der Waals surface area contributed by atoms with Gasteiger partial charge in [0, 0.05) is 13.1 Å². The lowest BCUT2D eigenvalue weighted by Gasteiger charge is -2.21. The zero-order valence-electron chi connectivity index (χ0n) is 15.5. The maximum absolute atomic E-state index is 13.0. The first-order valence-corrected chi connectivity index (χ1v) is 10.4. The number of methoxy groups -OCH3 is 1. The molecule has 8 heteroatoms. The number of benzene rings is 1. The van der Waals surface area contributed by atoms with Crippen LogP contribution in [-0.2, 0) is 10.0 Å². The van der Waals surface area contributed by atoms with Crippen molar-refractivity contribution in [3.8, 4) is 5.75 Å². The molecule has 0 bridgehead atoms. The number of anilines is 1. The second kappa shape index (κ2) is 8.14. The van der Waals surface area contributed by atoms with Gasteiger partial charge in [0.2, 0.25) is 10.0 Å². The maximum atomic E-state index is 13.0. The monoisotopic (exact) mass is 392 g/mol. The molecule has 1 fully saturated rings. The summed E-state index contributed by atoms with van der Waals surface area (Å²) >= 11 is 0. The van der Waals surface area contributed by atoms with Crippen LogP contribution in [0.15, 0.2) is 39.8 Å². The third-order valence-corrected chi connectivity index (χ3v) is 6.62. The van der Waals surface area contributed by atoms with Gasteiger partial charge >= 0.3 is 0 Å². The van der Waals surface area contributed by atoms with Crippen LogP contribution in [0.2, 0.25) is 0 Å². The molecular weight excluding hydrogens is 368 g/mol. The van der Waals surface area contributed by atoms with E-state index in [-0.39, 0.29) is 10.8 Å². The number of hydrogen-bond acceptors (Lipinski definition) is 5. The third-order valence-electron chi connectivity index (χ3n) is 4.73. The van der Waals surface area contributed by atoms with Crippen LogP contribution in [0, 0.1) is 6.92 Å². The summed E-state index contributed by atoms with van der Waals surface area (Å²) in [5, 5.41) is 2.73. The first kappa shape index (κ1) is 19.4. The van der Waals surface area contributed by atoms with E-state index in [0.717, 1.165) is 25.7 Å². The van der Waals surface area contributed by atoms with Crippen molar-refractivity contribution in [1.29, 1.82) is 0 Å². The highest BCUT2D eigenvalue weighted by Crippen LogP contribution is 2.30. The Morgan fingerprint density at radius 3 is 2.44 bits per heavy atom. The fourth-order valence-corrected chi connectivity index (χ4v) is 4.73. The lowest BCUT2D eigenvalue weighted by Crippen LogP contribution is -2.32. The quantitative estimate of drug-likeness (QED) is 0.842. The Morgan fingerprint density at radius 2 is 1.85 bits per heavy atom. The average molecular weight is 392 g/mol. The zero-order valence-corrected chi connectivity index (χ0v) is 16.3. The lowest BCUT2D eigenvalue weighted by molar-refractivity contribution is 0.102. The van der Waals surface area contributed by atoms with Gasteiger partial charge in [0.05, 0.1) is 29.5 Å². The van der Waals surface area contributed by atoms with Crippen LogP contribution in [0.25, 0.3) is 0 Å². The molecule has 1 aromatic heterocycles. The fourth-order valence-electron chi connectivity index (χ4n) is 3.19. The summed E-state index contributed by atoms with van der Waals surface area (Å²) in [5.74, 6) is 0.489. The lowest BCUT2D eigenvalue weighted by atomic mass is 10.2. The van der Waals surface area contributed by atoms with Crippen LogP contribution in [0.3, 0.4) is 0 Å². The van der Waals surface area contributed by atoms with Crippen molar-refractivity contribution in [2.24, 2.45) is 0 Å². The molecule has 0 spiro atoms. The van der Waals surface area contributed by atoms with Crippen molar-refractivity contribution >= 4 is 21.6 Å². The molecule has 1 saturated heterocycles. The molecular formula is C19H24N2O5S. The second-order valence-corrected chi connectivity index (χ2v) is 8.46. The molecule has 1 amide bonds. The number of carbonyl (C=O) groups excluding carboxylic acids is 1. The molecule has 1 aromatic carbocycles. The summed E-state index contributed by atoms with van der Waals surface area (Å²) in [6, 6.07) is 6.09. The number of nitrogens with one attached hydrogen (secondary N) is 1. The molecule has 0 saturated carbocycles.